The second-order valence-electron chi connectivity index (χ2n) is 7.98. The van der Waals surface area contributed by atoms with Crippen molar-refractivity contribution in [1.29, 1.82) is 0 Å². The van der Waals surface area contributed by atoms with Crippen molar-refractivity contribution in [2.24, 2.45) is 0 Å². The fourth-order valence-electron chi connectivity index (χ4n) is 4.24. The predicted molar refractivity (Wildman–Crippen MR) is 107 cm³/mol. The molecule has 2 aliphatic heterocycles. The molecule has 2 aromatic rings. The van der Waals surface area contributed by atoms with Gasteiger partial charge in [0.25, 0.3) is 5.56 Å². The van der Waals surface area contributed by atoms with Gasteiger partial charge in [0.05, 0.1) is 30.4 Å². The Hall–Kier alpha value is -2.19. The summed E-state index contributed by atoms with van der Waals surface area (Å²) < 4.78 is 20.4. The molecule has 1 amide bonds. The van der Waals surface area contributed by atoms with Crippen LogP contribution >= 0.6 is 11.8 Å². The van der Waals surface area contributed by atoms with Crippen molar-refractivity contribution < 1.29 is 13.9 Å². The van der Waals surface area contributed by atoms with Crippen molar-refractivity contribution in [2.75, 3.05) is 19.0 Å². The van der Waals surface area contributed by atoms with Gasteiger partial charge in [0.1, 0.15) is 11.9 Å². The van der Waals surface area contributed by atoms with E-state index < -0.39 is 5.41 Å². The fourth-order valence-corrected chi connectivity index (χ4v) is 5.19. The van der Waals surface area contributed by atoms with E-state index in [2.05, 4.69) is 10.4 Å². The van der Waals surface area contributed by atoms with Crippen LogP contribution in [-0.2, 0) is 27.1 Å². The Labute approximate surface area is 171 Å². The third kappa shape index (κ3) is 3.38. The number of hydrogen-bond acceptors (Lipinski definition) is 5. The number of hydrogen-bond donors (Lipinski definition) is 1. The van der Waals surface area contributed by atoms with Gasteiger partial charge in [0.2, 0.25) is 5.91 Å². The van der Waals surface area contributed by atoms with Crippen molar-refractivity contribution in [3.8, 4) is 0 Å². The van der Waals surface area contributed by atoms with Crippen LogP contribution in [-0.4, -0.2) is 40.7 Å². The minimum atomic E-state index is -0.605. The van der Waals surface area contributed by atoms with E-state index >= 15 is 0 Å². The third-order valence-electron chi connectivity index (χ3n) is 6.13. The molecule has 2 atom stereocenters. The molecule has 29 heavy (non-hydrogen) atoms. The number of carbonyl (C=O) groups excluding carboxylic acids is 1. The van der Waals surface area contributed by atoms with E-state index in [1.165, 1.54) is 16.8 Å². The summed E-state index contributed by atoms with van der Waals surface area (Å²) in [5, 5.41) is 7.70. The summed E-state index contributed by atoms with van der Waals surface area (Å²) in [4.78, 5) is 25.8. The van der Waals surface area contributed by atoms with Crippen molar-refractivity contribution in [3.63, 3.8) is 0 Å². The number of aryl methyl sites for hydroxylation is 1. The summed E-state index contributed by atoms with van der Waals surface area (Å²) in [5.41, 5.74) is 2.04. The maximum Gasteiger partial charge on any atom is 0.267 e. The zero-order valence-electron chi connectivity index (χ0n) is 15.9. The second-order valence-corrected chi connectivity index (χ2v) is 9.08. The number of nitrogens with one attached hydrogen (secondary N) is 1. The number of ether oxygens (including phenoxy) is 1. The van der Waals surface area contributed by atoms with Crippen LogP contribution in [0.4, 0.5) is 4.39 Å². The molecule has 0 radical (unpaired) electrons. The third-order valence-corrected chi connectivity index (χ3v) is 7.13. The van der Waals surface area contributed by atoms with Crippen LogP contribution in [0.2, 0.25) is 0 Å². The first-order valence-corrected chi connectivity index (χ1v) is 11.1. The number of rotatable bonds is 4. The lowest BCUT2D eigenvalue weighted by Crippen LogP contribution is -2.47. The van der Waals surface area contributed by atoms with Gasteiger partial charge >= 0.3 is 0 Å². The molecule has 1 aromatic carbocycles. The maximum atomic E-state index is 13.3. The Morgan fingerprint density at radius 1 is 1.28 bits per heavy atom. The quantitative estimate of drug-likeness (QED) is 0.827. The van der Waals surface area contributed by atoms with E-state index in [-0.39, 0.29) is 29.4 Å². The first kappa shape index (κ1) is 18.8. The van der Waals surface area contributed by atoms with E-state index in [0.717, 1.165) is 47.6 Å². The first-order chi connectivity index (χ1) is 14.1. The van der Waals surface area contributed by atoms with Gasteiger partial charge in [-0.25, -0.2) is 9.07 Å². The fraction of sp³-hybridized carbons (Fsp3) is 0.476. The molecule has 152 valence electrons. The Bertz CT molecular complexity index is 1000. The highest BCUT2D eigenvalue weighted by atomic mass is 32.2. The number of amides is 1. The first-order valence-electron chi connectivity index (χ1n) is 9.91. The molecule has 5 rings (SSSR count). The monoisotopic (exact) mass is 415 g/mol. The number of aromatic nitrogens is 2. The van der Waals surface area contributed by atoms with Crippen LogP contribution in [0.15, 0.2) is 35.1 Å². The van der Waals surface area contributed by atoms with Gasteiger partial charge < -0.3 is 10.1 Å². The molecule has 1 N–H and O–H groups in total. The normalized spacial score (nSPS) is 24.7. The lowest BCUT2D eigenvalue weighted by Gasteiger charge is -2.25. The Kier molecular flexibility index (Phi) is 4.70. The average molecular weight is 415 g/mol. The maximum absolute atomic E-state index is 13.3. The number of nitrogens with zero attached hydrogens (tertiary/aromatic N) is 2. The Balaban J connectivity index is 1.37. The van der Waals surface area contributed by atoms with Gasteiger partial charge in [-0.05, 0) is 41.9 Å². The van der Waals surface area contributed by atoms with Crippen LogP contribution in [0.1, 0.15) is 35.7 Å². The summed E-state index contributed by atoms with van der Waals surface area (Å²) in [6.45, 7) is 0.686. The molecular weight excluding hydrogens is 393 g/mol. The van der Waals surface area contributed by atoms with Crippen LogP contribution in [0.3, 0.4) is 0 Å². The number of halogens is 1. The van der Waals surface area contributed by atoms with Crippen molar-refractivity contribution in [1.82, 2.24) is 15.1 Å². The molecule has 0 bridgehead atoms. The summed E-state index contributed by atoms with van der Waals surface area (Å²) in [7, 11) is 0. The number of fused-ring (bicyclic) bond motifs is 1. The molecule has 8 heteroatoms. The zero-order valence-corrected chi connectivity index (χ0v) is 16.7. The lowest BCUT2D eigenvalue weighted by molar-refractivity contribution is -0.124. The highest BCUT2D eigenvalue weighted by molar-refractivity contribution is 7.98. The minimum absolute atomic E-state index is 0.0907. The Morgan fingerprint density at radius 3 is 2.83 bits per heavy atom. The summed E-state index contributed by atoms with van der Waals surface area (Å²) >= 11 is 1.81. The highest BCUT2D eigenvalue weighted by Gasteiger charge is 2.52. The van der Waals surface area contributed by atoms with E-state index in [9.17, 15) is 14.0 Å². The van der Waals surface area contributed by atoms with E-state index in [1.54, 1.807) is 18.2 Å². The molecule has 1 aromatic heterocycles. The summed E-state index contributed by atoms with van der Waals surface area (Å²) in [6.07, 6.45) is 2.31. The van der Waals surface area contributed by atoms with E-state index in [1.807, 2.05) is 11.8 Å². The Morgan fingerprint density at radius 2 is 2.07 bits per heavy atom. The average Bonchev–Trinajstić information content (AvgIpc) is 3.42. The zero-order chi connectivity index (χ0) is 20.0. The topological polar surface area (TPSA) is 73.2 Å². The van der Waals surface area contributed by atoms with Crippen LogP contribution in [0.5, 0.6) is 0 Å². The van der Waals surface area contributed by atoms with Gasteiger partial charge in [0, 0.05) is 18.2 Å². The molecule has 1 saturated heterocycles. The highest BCUT2D eigenvalue weighted by Crippen LogP contribution is 2.48. The van der Waals surface area contributed by atoms with Crippen LogP contribution in [0.25, 0.3) is 0 Å². The van der Waals surface area contributed by atoms with Crippen LogP contribution < -0.4 is 10.9 Å². The standard InChI is InChI=1S/C21H22FN3O3S/c22-15-3-1-14(2-4-15)21(6-7-21)20(27)23-17-10-28-11-18(17)25-19(26)9-13-12-29-8-5-16(13)24-25/h1-4,9,17-18H,5-8,10-12H2,(H,23,27). The minimum Gasteiger partial charge on any atom is -0.377 e. The van der Waals surface area contributed by atoms with Gasteiger partial charge in [0.15, 0.2) is 0 Å². The van der Waals surface area contributed by atoms with E-state index in [4.69, 9.17) is 4.74 Å². The molecule has 1 aliphatic carbocycles. The van der Waals surface area contributed by atoms with Crippen molar-refractivity contribution >= 4 is 17.7 Å². The number of benzene rings is 1. The summed E-state index contributed by atoms with van der Waals surface area (Å²) in [5.74, 6) is 1.41. The molecule has 1 saturated carbocycles. The van der Waals surface area contributed by atoms with Gasteiger partial charge in [-0.3, -0.25) is 9.59 Å². The molecule has 3 heterocycles. The predicted octanol–water partition coefficient (Wildman–Crippen LogP) is 1.96. The van der Waals surface area contributed by atoms with Crippen LogP contribution in [0, 0.1) is 5.82 Å². The van der Waals surface area contributed by atoms with Crippen molar-refractivity contribution in [3.05, 3.63) is 63.3 Å². The number of thioether (sulfide) groups is 1. The molecule has 0 spiro atoms. The second kappa shape index (κ2) is 7.25. The van der Waals surface area contributed by atoms with Gasteiger partial charge in [-0.2, -0.15) is 16.9 Å². The largest absolute Gasteiger partial charge is 0.377 e. The lowest BCUT2D eigenvalue weighted by atomic mass is 9.94. The van der Waals surface area contributed by atoms with Crippen molar-refractivity contribution in [2.45, 2.75) is 42.5 Å². The van der Waals surface area contributed by atoms with Gasteiger partial charge in [-0.1, -0.05) is 12.1 Å². The smallest absolute Gasteiger partial charge is 0.267 e. The molecule has 6 nitrogen and oxygen atoms in total. The SMILES string of the molecule is O=C(NC1COCC1n1nc2c(cc1=O)CSCC2)C1(c2ccc(F)cc2)CC1. The molecule has 3 aliphatic rings. The summed E-state index contributed by atoms with van der Waals surface area (Å²) in [6, 6.07) is 7.16. The van der Waals surface area contributed by atoms with Gasteiger partial charge in [-0.15, -0.1) is 0 Å². The van der Waals surface area contributed by atoms with E-state index in [0.29, 0.717) is 13.2 Å². The number of carbonyl (C=O) groups is 1. The molecule has 2 unspecified atom stereocenters. The molecule has 2 fully saturated rings. The molecular formula is C21H22FN3O3S.